The monoisotopic (exact) mass is 315 g/mol. The van der Waals surface area contributed by atoms with E-state index in [9.17, 15) is 19.7 Å². The molecule has 0 atom stereocenters. The maximum atomic E-state index is 11.8. The minimum atomic E-state index is -0.785. The number of nitro groups is 1. The number of esters is 1. The lowest BCUT2D eigenvalue weighted by Gasteiger charge is -2.07. The van der Waals surface area contributed by atoms with E-state index in [1.165, 1.54) is 18.2 Å². The molecule has 0 amide bonds. The zero-order chi connectivity index (χ0) is 16.7. The lowest BCUT2D eigenvalue weighted by Crippen LogP contribution is -2.19. The Bertz CT molecular complexity index is 714. The molecule has 0 saturated carbocycles. The van der Waals surface area contributed by atoms with Crippen molar-refractivity contribution in [2.24, 2.45) is 0 Å². The van der Waals surface area contributed by atoms with Crippen LogP contribution in [0, 0.1) is 10.1 Å². The molecule has 0 aliphatic rings. The molecule has 2 aromatic rings. The Morgan fingerprint density at radius 3 is 2.30 bits per heavy atom. The van der Waals surface area contributed by atoms with Gasteiger partial charge in [-0.3, -0.25) is 14.9 Å². The molecule has 0 aliphatic heterocycles. The van der Waals surface area contributed by atoms with E-state index in [0.717, 1.165) is 0 Å². The van der Waals surface area contributed by atoms with Gasteiger partial charge in [-0.1, -0.05) is 42.5 Å². The maximum Gasteiger partial charge on any atom is 0.344 e. The highest BCUT2D eigenvalue weighted by Gasteiger charge is 2.16. The Labute approximate surface area is 131 Å². The van der Waals surface area contributed by atoms with E-state index in [1.54, 1.807) is 36.4 Å². The topological polar surface area (TPSA) is 95.7 Å². The third-order valence-electron chi connectivity index (χ3n) is 2.87. The number of carbonyl (C=O) groups excluding carboxylic acids is 2. The molecular weight excluding hydrogens is 302 g/mol. The first-order valence-corrected chi connectivity index (χ1v) is 6.68. The van der Waals surface area contributed by atoms with Gasteiger partial charge < -0.3 is 9.47 Å². The summed E-state index contributed by atoms with van der Waals surface area (Å²) in [6.07, 6.45) is 0. The van der Waals surface area contributed by atoms with Gasteiger partial charge in [0.25, 0.3) is 0 Å². The van der Waals surface area contributed by atoms with Crippen molar-refractivity contribution >= 4 is 17.4 Å². The minimum absolute atomic E-state index is 0.0381. The predicted octanol–water partition coefficient (Wildman–Crippen LogP) is 2.40. The van der Waals surface area contributed by atoms with Crippen molar-refractivity contribution in [3.8, 4) is 5.75 Å². The number of hydrogen-bond donors (Lipinski definition) is 0. The summed E-state index contributed by atoms with van der Waals surface area (Å²) in [5, 5.41) is 10.8. The van der Waals surface area contributed by atoms with Crippen LogP contribution in [0.2, 0.25) is 0 Å². The van der Waals surface area contributed by atoms with Crippen LogP contribution in [0.5, 0.6) is 5.75 Å². The summed E-state index contributed by atoms with van der Waals surface area (Å²) in [6, 6.07) is 14.1. The van der Waals surface area contributed by atoms with Crippen molar-refractivity contribution in [2.75, 3.05) is 13.2 Å². The zero-order valence-corrected chi connectivity index (χ0v) is 12.0. The zero-order valence-electron chi connectivity index (χ0n) is 12.0. The highest BCUT2D eigenvalue weighted by atomic mass is 16.6. The van der Waals surface area contributed by atoms with Crippen LogP contribution in [0.3, 0.4) is 0 Å². The second-order valence-corrected chi connectivity index (χ2v) is 4.46. The van der Waals surface area contributed by atoms with Crippen LogP contribution in [-0.4, -0.2) is 29.9 Å². The molecule has 2 aromatic carbocycles. The first-order chi connectivity index (χ1) is 11.1. The van der Waals surface area contributed by atoms with Crippen LogP contribution < -0.4 is 4.74 Å². The normalized spacial score (nSPS) is 9.91. The lowest BCUT2D eigenvalue weighted by atomic mass is 10.1. The van der Waals surface area contributed by atoms with E-state index in [2.05, 4.69) is 0 Å². The fraction of sp³-hybridized carbons (Fsp3) is 0.125. The molecule has 0 spiro atoms. The highest BCUT2D eigenvalue weighted by Crippen LogP contribution is 2.25. The molecule has 0 unspecified atom stereocenters. The Hall–Kier alpha value is -3.22. The van der Waals surface area contributed by atoms with Gasteiger partial charge in [0, 0.05) is 11.6 Å². The average Bonchev–Trinajstić information content (AvgIpc) is 2.58. The molecule has 7 heteroatoms. The van der Waals surface area contributed by atoms with E-state index in [-0.39, 0.29) is 17.2 Å². The molecule has 23 heavy (non-hydrogen) atoms. The third-order valence-corrected chi connectivity index (χ3v) is 2.87. The van der Waals surface area contributed by atoms with Crippen LogP contribution in [-0.2, 0) is 9.53 Å². The Kier molecular flexibility index (Phi) is 5.40. The minimum Gasteiger partial charge on any atom is -0.475 e. The Morgan fingerprint density at radius 2 is 1.61 bits per heavy atom. The summed E-state index contributed by atoms with van der Waals surface area (Å²) in [7, 11) is 0. The molecule has 0 radical (unpaired) electrons. The van der Waals surface area contributed by atoms with Crippen molar-refractivity contribution < 1.29 is 24.0 Å². The van der Waals surface area contributed by atoms with Gasteiger partial charge in [0.15, 0.2) is 24.7 Å². The predicted molar refractivity (Wildman–Crippen MR) is 80.3 cm³/mol. The Morgan fingerprint density at radius 1 is 0.957 bits per heavy atom. The number of benzene rings is 2. The molecule has 118 valence electrons. The molecule has 0 saturated heterocycles. The molecule has 0 aliphatic carbocycles. The van der Waals surface area contributed by atoms with Gasteiger partial charge in [0.05, 0.1) is 4.92 Å². The fourth-order valence-corrected chi connectivity index (χ4v) is 1.76. The SMILES string of the molecule is O=C(COc1ccccc1[N+](=O)[O-])OCC(=O)c1ccccc1. The number of ether oxygens (including phenoxy) is 2. The van der Waals surface area contributed by atoms with Crippen molar-refractivity contribution in [3.05, 3.63) is 70.3 Å². The number of nitrogens with zero attached hydrogens (tertiary/aromatic N) is 1. The second kappa shape index (κ2) is 7.69. The van der Waals surface area contributed by atoms with E-state index >= 15 is 0 Å². The number of ketones is 1. The van der Waals surface area contributed by atoms with Crippen molar-refractivity contribution in [1.82, 2.24) is 0 Å². The smallest absolute Gasteiger partial charge is 0.344 e. The number of rotatable bonds is 7. The van der Waals surface area contributed by atoms with Crippen molar-refractivity contribution in [3.63, 3.8) is 0 Å². The van der Waals surface area contributed by atoms with E-state index in [1.807, 2.05) is 0 Å². The summed E-state index contributed by atoms with van der Waals surface area (Å²) in [4.78, 5) is 33.5. The van der Waals surface area contributed by atoms with Gasteiger partial charge in [0.1, 0.15) is 0 Å². The van der Waals surface area contributed by atoms with Gasteiger partial charge in [-0.2, -0.15) is 0 Å². The second-order valence-electron chi connectivity index (χ2n) is 4.46. The first kappa shape index (κ1) is 16.2. The Balaban J connectivity index is 1.84. The molecule has 0 fully saturated rings. The number of carbonyl (C=O) groups is 2. The van der Waals surface area contributed by atoms with Crippen LogP contribution in [0.15, 0.2) is 54.6 Å². The van der Waals surface area contributed by atoms with Gasteiger partial charge in [-0.15, -0.1) is 0 Å². The van der Waals surface area contributed by atoms with E-state index in [4.69, 9.17) is 9.47 Å². The first-order valence-electron chi connectivity index (χ1n) is 6.68. The largest absolute Gasteiger partial charge is 0.475 e. The molecule has 0 heterocycles. The van der Waals surface area contributed by atoms with Crippen LogP contribution >= 0.6 is 0 Å². The van der Waals surface area contributed by atoms with Gasteiger partial charge >= 0.3 is 11.7 Å². The summed E-state index contributed by atoms with van der Waals surface area (Å²) in [5.41, 5.74) is 0.181. The number of Topliss-reactive ketones (excluding diaryl/α,β-unsaturated/α-hetero) is 1. The van der Waals surface area contributed by atoms with E-state index < -0.39 is 24.1 Å². The summed E-state index contributed by atoms with van der Waals surface area (Å²) < 4.78 is 9.87. The standard InChI is InChI=1S/C16H13NO6/c18-14(12-6-2-1-3-7-12)10-23-16(19)11-22-15-9-5-4-8-13(15)17(20)21/h1-9H,10-11H2. The summed E-state index contributed by atoms with van der Waals surface area (Å²) in [6.45, 7) is -0.935. The fourth-order valence-electron chi connectivity index (χ4n) is 1.76. The molecule has 7 nitrogen and oxygen atoms in total. The van der Waals surface area contributed by atoms with Gasteiger partial charge in [0.2, 0.25) is 0 Å². The lowest BCUT2D eigenvalue weighted by molar-refractivity contribution is -0.385. The van der Waals surface area contributed by atoms with Crippen molar-refractivity contribution in [1.29, 1.82) is 0 Å². The molecular formula is C16H13NO6. The molecule has 2 rings (SSSR count). The van der Waals surface area contributed by atoms with Crippen molar-refractivity contribution in [2.45, 2.75) is 0 Å². The van der Waals surface area contributed by atoms with Crippen LogP contribution in [0.25, 0.3) is 0 Å². The number of nitro benzene ring substituents is 1. The van der Waals surface area contributed by atoms with Gasteiger partial charge in [-0.25, -0.2) is 4.79 Å². The third kappa shape index (κ3) is 4.63. The maximum absolute atomic E-state index is 11.8. The summed E-state index contributed by atoms with van der Waals surface area (Å²) in [5.74, 6) is -1.17. The van der Waals surface area contributed by atoms with E-state index in [0.29, 0.717) is 5.56 Å². The summed E-state index contributed by atoms with van der Waals surface area (Å²) >= 11 is 0. The van der Waals surface area contributed by atoms with Crippen LogP contribution in [0.4, 0.5) is 5.69 Å². The number of hydrogen-bond acceptors (Lipinski definition) is 6. The quantitative estimate of drug-likeness (QED) is 0.337. The van der Waals surface area contributed by atoms with Gasteiger partial charge in [-0.05, 0) is 6.07 Å². The molecule has 0 aromatic heterocycles. The number of para-hydroxylation sites is 2. The molecule has 0 N–H and O–H groups in total. The highest BCUT2D eigenvalue weighted by molar-refractivity contribution is 5.97. The average molecular weight is 315 g/mol. The van der Waals surface area contributed by atoms with Crippen LogP contribution in [0.1, 0.15) is 10.4 Å². The molecule has 0 bridgehead atoms.